The summed E-state index contributed by atoms with van der Waals surface area (Å²) in [6, 6.07) is 6.74. The summed E-state index contributed by atoms with van der Waals surface area (Å²) in [6.45, 7) is 11.3. The minimum absolute atomic E-state index is 0.182. The van der Waals surface area contributed by atoms with Gasteiger partial charge in [0.05, 0.1) is 0 Å². The smallest absolute Gasteiger partial charge is 0.124 e. The number of hydrogen-bond acceptors (Lipinski definition) is 1. The van der Waals surface area contributed by atoms with E-state index >= 15 is 0 Å². The molecule has 0 bridgehead atoms. The third-order valence-corrected chi connectivity index (χ3v) is 4.92. The number of aryl methyl sites for hydroxylation is 1. The van der Waals surface area contributed by atoms with Crippen LogP contribution in [0.25, 0.3) is 0 Å². The van der Waals surface area contributed by atoms with E-state index in [0.717, 1.165) is 12.2 Å². The summed E-state index contributed by atoms with van der Waals surface area (Å²) in [5.74, 6) is 2.15. The van der Waals surface area contributed by atoms with E-state index in [2.05, 4.69) is 71.0 Å². The molecule has 2 atom stereocenters. The molecule has 0 aromatic heterocycles. The Bertz CT molecular complexity index is 613. The van der Waals surface area contributed by atoms with Crippen LogP contribution in [0.15, 0.2) is 42.0 Å². The Hall–Kier alpha value is -1.50. The lowest BCUT2D eigenvalue weighted by molar-refractivity contribution is 0.202. The Kier molecular flexibility index (Phi) is 3.92. The minimum Gasteiger partial charge on any atom is -0.485 e. The van der Waals surface area contributed by atoms with Gasteiger partial charge in [-0.2, -0.15) is 0 Å². The number of benzene rings is 1. The Morgan fingerprint density at radius 1 is 1.18 bits per heavy atom. The largest absolute Gasteiger partial charge is 0.485 e. The van der Waals surface area contributed by atoms with E-state index in [1.54, 1.807) is 0 Å². The van der Waals surface area contributed by atoms with Crippen LogP contribution in [0.1, 0.15) is 58.1 Å². The molecule has 0 radical (unpaired) electrons. The zero-order valence-corrected chi connectivity index (χ0v) is 14.5. The molecule has 2 unspecified atom stereocenters. The van der Waals surface area contributed by atoms with Crippen LogP contribution in [-0.2, 0) is 6.42 Å². The molecule has 0 saturated heterocycles. The van der Waals surface area contributed by atoms with Crippen LogP contribution in [-0.4, -0.2) is 6.10 Å². The van der Waals surface area contributed by atoms with Gasteiger partial charge in [-0.3, -0.25) is 0 Å². The van der Waals surface area contributed by atoms with E-state index in [0.29, 0.717) is 11.8 Å². The number of fused-ring (bicyclic) bond motifs is 2. The molecule has 22 heavy (non-hydrogen) atoms. The quantitative estimate of drug-likeness (QED) is 0.649. The standard InChI is InChI=1S/C21H28O/c1-14(2)16-9-11-19-17(12-16)7-6-15-8-10-18(21(3,4)5)13-20(15)22-19/h8-15,20H,6-7H2,1-5H3. The summed E-state index contributed by atoms with van der Waals surface area (Å²) >= 11 is 0. The molecule has 1 aliphatic heterocycles. The van der Waals surface area contributed by atoms with E-state index in [-0.39, 0.29) is 11.5 Å². The number of allylic oxidation sites excluding steroid dienone is 2. The van der Waals surface area contributed by atoms with Crippen molar-refractivity contribution in [1.29, 1.82) is 0 Å². The van der Waals surface area contributed by atoms with Gasteiger partial charge in [0.1, 0.15) is 11.9 Å². The van der Waals surface area contributed by atoms with Crippen LogP contribution in [0, 0.1) is 11.3 Å². The average Bonchev–Trinajstić information content (AvgIpc) is 2.63. The molecule has 3 rings (SSSR count). The number of rotatable bonds is 1. The predicted molar refractivity (Wildman–Crippen MR) is 93.4 cm³/mol. The molecule has 0 fully saturated rings. The second-order valence-electron chi connectivity index (χ2n) is 8.04. The van der Waals surface area contributed by atoms with E-state index in [1.165, 1.54) is 23.1 Å². The van der Waals surface area contributed by atoms with Gasteiger partial charge in [0, 0.05) is 5.92 Å². The van der Waals surface area contributed by atoms with Crippen molar-refractivity contribution in [2.45, 2.75) is 59.5 Å². The molecule has 1 nitrogen and oxygen atoms in total. The molecule has 118 valence electrons. The van der Waals surface area contributed by atoms with Crippen molar-refractivity contribution in [1.82, 2.24) is 0 Å². The fraction of sp³-hybridized carbons (Fsp3) is 0.524. The van der Waals surface area contributed by atoms with Crippen LogP contribution in [0.4, 0.5) is 0 Å². The summed E-state index contributed by atoms with van der Waals surface area (Å²) in [5.41, 5.74) is 4.35. The molecule has 0 spiro atoms. The summed E-state index contributed by atoms with van der Waals surface area (Å²) in [6.07, 6.45) is 9.48. The number of hydrogen-bond donors (Lipinski definition) is 0. The predicted octanol–water partition coefficient (Wildman–Crippen LogP) is 5.66. The molecule has 1 aromatic rings. The van der Waals surface area contributed by atoms with E-state index in [4.69, 9.17) is 4.74 Å². The minimum atomic E-state index is 0.182. The maximum absolute atomic E-state index is 6.39. The normalized spacial score (nSPS) is 24.2. The third kappa shape index (κ3) is 2.99. The highest BCUT2D eigenvalue weighted by molar-refractivity contribution is 5.41. The zero-order chi connectivity index (χ0) is 15.9. The molecule has 2 aliphatic rings. The van der Waals surface area contributed by atoms with Gasteiger partial charge < -0.3 is 4.74 Å². The van der Waals surface area contributed by atoms with Gasteiger partial charge in [-0.1, -0.05) is 58.9 Å². The summed E-state index contributed by atoms with van der Waals surface area (Å²) in [5, 5.41) is 0. The van der Waals surface area contributed by atoms with Crippen LogP contribution < -0.4 is 4.74 Å². The van der Waals surface area contributed by atoms with Gasteiger partial charge >= 0.3 is 0 Å². The van der Waals surface area contributed by atoms with E-state index in [9.17, 15) is 0 Å². The first-order chi connectivity index (χ1) is 10.3. The highest BCUT2D eigenvalue weighted by Gasteiger charge is 2.29. The fourth-order valence-electron chi connectivity index (χ4n) is 3.31. The maximum atomic E-state index is 6.39. The topological polar surface area (TPSA) is 9.23 Å². The molecule has 1 aliphatic carbocycles. The highest BCUT2D eigenvalue weighted by atomic mass is 16.5. The lowest BCUT2D eigenvalue weighted by atomic mass is 9.79. The first-order valence-corrected chi connectivity index (χ1v) is 8.54. The highest BCUT2D eigenvalue weighted by Crippen LogP contribution is 2.38. The van der Waals surface area contributed by atoms with Crippen molar-refractivity contribution in [3.05, 3.63) is 53.1 Å². The second-order valence-corrected chi connectivity index (χ2v) is 8.04. The van der Waals surface area contributed by atoms with Gasteiger partial charge in [-0.05, 0) is 53.0 Å². The average molecular weight is 296 g/mol. The van der Waals surface area contributed by atoms with Crippen molar-refractivity contribution >= 4 is 0 Å². The molecule has 0 N–H and O–H groups in total. The molecule has 1 aromatic carbocycles. The summed E-state index contributed by atoms with van der Waals surface area (Å²) in [4.78, 5) is 0. The first-order valence-electron chi connectivity index (χ1n) is 8.54. The molecular formula is C21H28O. The van der Waals surface area contributed by atoms with Crippen molar-refractivity contribution < 1.29 is 4.74 Å². The Balaban J connectivity index is 1.91. The first kappa shape index (κ1) is 15.4. The lowest BCUT2D eigenvalue weighted by Crippen LogP contribution is -2.27. The van der Waals surface area contributed by atoms with Crippen LogP contribution in [0.5, 0.6) is 5.75 Å². The van der Waals surface area contributed by atoms with Gasteiger partial charge in [0.15, 0.2) is 0 Å². The number of ether oxygens (including phenoxy) is 1. The van der Waals surface area contributed by atoms with Crippen molar-refractivity contribution in [2.75, 3.05) is 0 Å². The lowest BCUT2D eigenvalue weighted by Gasteiger charge is -2.30. The fourth-order valence-corrected chi connectivity index (χ4v) is 3.31. The van der Waals surface area contributed by atoms with E-state index < -0.39 is 0 Å². The third-order valence-electron chi connectivity index (χ3n) is 4.92. The zero-order valence-electron chi connectivity index (χ0n) is 14.5. The molecule has 0 amide bonds. The monoisotopic (exact) mass is 296 g/mol. The van der Waals surface area contributed by atoms with Crippen LogP contribution in [0.2, 0.25) is 0 Å². The van der Waals surface area contributed by atoms with Gasteiger partial charge in [0.2, 0.25) is 0 Å². The van der Waals surface area contributed by atoms with Crippen molar-refractivity contribution in [2.24, 2.45) is 11.3 Å². The Morgan fingerprint density at radius 2 is 1.95 bits per heavy atom. The molecule has 1 heterocycles. The molecular weight excluding hydrogens is 268 g/mol. The van der Waals surface area contributed by atoms with Gasteiger partial charge in [0.25, 0.3) is 0 Å². The van der Waals surface area contributed by atoms with Crippen LogP contribution >= 0.6 is 0 Å². The molecule has 1 heteroatoms. The van der Waals surface area contributed by atoms with Gasteiger partial charge in [-0.15, -0.1) is 0 Å². The Morgan fingerprint density at radius 3 is 2.64 bits per heavy atom. The van der Waals surface area contributed by atoms with Crippen LogP contribution in [0.3, 0.4) is 0 Å². The van der Waals surface area contributed by atoms with Crippen molar-refractivity contribution in [3.8, 4) is 5.75 Å². The SMILES string of the molecule is CC(C)c1ccc2c(c1)CCC1C=CC(C(C)(C)C)=CC1O2. The van der Waals surface area contributed by atoms with E-state index in [1.807, 2.05) is 0 Å². The molecule has 0 saturated carbocycles. The second kappa shape index (κ2) is 5.61. The van der Waals surface area contributed by atoms with Crippen molar-refractivity contribution in [3.63, 3.8) is 0 Å². The van der Waals surface area contributed by atoms with Gasteiger partial charge in [-0.25, -0.2) is 0 Å². The maximum Gasteiger partial charge on any atom is 0.124 e. The summed E-state index contributed by atoms with van der Waals surface area (Å²) < 4.78 is 6.39. The Labute approximate surface area is 135 Å². The summed E-state index contributed by atoms with van der Waals surface area (Å²) in [7, 11) is 0.